The van der Waals surface area contributed by atoms with E-state index in [1.165, 1.54) is 0 Å². The SMILES string of the molecule is CC(CC(=O)NC(c1ccccc1)C(C)C(=O)O)NC(=O)C1CCCC1. The minimum Gasteiger partial charge on any atom is -0.481 e. The molecule has 1 saturated carbocycles. The molecular weight excluding hydrogens is 332 g/mol. The third-order valence-corrected chi connectivity index (χ3v) is 4.97. The molecule has 0 heterocycles. The lowest BCUT2D eigenvalue weighted by Crippen LogP contribution is -2.42. The molecule has 3 N–H and O–H groups in total. The summed E-state index contributed by atoms with van der Waals surface area (Å²) in [4.78, 5) is 36.0. The average Bonchev–Trinajstić information content (AvgIpc) is 3.14. The molecule has 2 amide bonds. The van der Waals surface area contributed by atoms with Crippen molar-refractivity contribution < 1.29 is 19.5 Å². The number of hydrogen-bond acceptors (Lipinski definition) is 3. The van der Waals surface area contributed by atoms with Crippen LogP contribution in [0.25, 0.3) is 0 Å². The summed E-state index contributed by atoms with van der Waals surface area (Å²) in [7, 11) is 0. The van der Waals surface area contributed by atoms with E-state index in [1.54, 1.807) is 26.0 Å². The molecule has 1 aliphatic rings. The summed E-state index contributed by atoms with van der Waals surface area (Å²) in [5, 5.41) is 15.1. The van der Waals surface area contributed by atoms with Gasteiger partial charge in [-0.15, -0.1) is 0 Å². The Balaban J connectivity index is 1.93. The van der Waals surface area contributed by atoms with Gasteiger partial charge in [-0.05, 0) is 32.3 Å². The van der Waals surface area contributed by atoms with E-state index < -0.39 is 17.9 Å². The van der Waals surface area contributed by atoms with Crippen LogP contribution in [0.4, 0.5) is 0 Å². The van der Waals surface area contributed by atoms with Crippen LogP contribution in [0.3, 0.4) is 0 Å². The Morgan fingerprint density at radius 2 is 1.69 bits per heavy atom. The third-order valence-electron chi connectivity index (χ3n) is 4.97. The lowest BCUT2D eigenvalue weighted by Gasteiger charge is -2.24. The summed E-state index contributed by atoms with van der Waals surface area (Å²) in [6, 6.07) is 8.17. The lowest BCUT2D eigenvalue weighted by atomic mass is 9.94. The highest BCUT2D eigenvalue weighted by Crippen LogP contribution is 2.25. The van der Waals surface area contributed by atoms with Crippen molar-refractivity contribution in [1.82, 2.24) is 10.6 Å². The van der Waals surface area contributed by atoms with Gasteiger partial charge in [0.1, 0.15) is 0 Å². The van der Waals surface area contributed by atoms with Gasteiger partial charge in [-0.3, -0.25) is 14.4 Å². The third kappa shape index (κ3) is 5.58. The molecule has 142 valence electrons. The number of carboxylic acids is 1. The summed E-state index contributed by atoms with van der Waals surface area (Å²) in [5.74, 6) is -1.93. The fourth-order valence-electron chi connectivity index (χ4n) is 3.41. The summed E-state index contributed by atoms with van der Waals surface area (Å²) in [6.45, 7) is 3.37. The highest BCUT2D eigenvalue weighted by atomic mass is 16.4. The molecule has 1 fully saturated rings. The van der Waals surface area contributed by atoms with Crippen LogP contribution in [0.2, 0.25) is 0 Å². The Kier molecular flexibility index (Phi) is 7.18. The van der Waals surface area contributed by atoms with Crippen molar-refractivity contribution in [3.05, 3.63) is 35.9 Å². The van der Waals surface area contributed by atoms with Crippen LogP contribution in [0.5, 0.6) is 0 Å². The molecule has 1 aromatic rings. The van der Waals surface area contributed by atoms with Crippen LogP contribution in [0.15, 0.2) is 30.3 Å². The number of aliphatic carboxylic acids is 1. The van der Waals surface area contributed by atoms with E-state index >= 15 is 0 Å². The second-order valence-electron chi connectivity index (χ2n) is 7.18. The fraction of sp³-hybridized carbons (Fsp3) is 0.550. The molecule has 1 aliphatic carbocycles. The number of carbonyl (C=O) groups is 3. The van der Waals surface area contributed by atoms with E-state index in [9.17, 15) is 19.5 Å². The van der Waals surface area contributed by atoms with Crippen LogP contribution in [-0.4, -0.2) is 28.9 Å². The number of hydrogen-bond donors (Lipinski definition) is 3. The molecule has 0 saturated heterocycles. The summed E-state index contributed by atoms with van der Waals surface area (Å²) >= 11 is 0. The molecule has 6 nitrogen and oxygen atoms in total. The second-order valence-corrected chi connectivity index (χ2v) is 7.18. The van der Waals surface area contributed by atoms with E-state index in [4.69, 9.17) is 0 Å². The summed E-state index contributed by atoms with van der Waals surface area (Å²) in [5.41, 5.74) is 0.749. The molecule has 1 aromatic carbocycles. The van der Waals surface area contributed by atoms with Gasteiger partial charge in [0.15, 0.2) is 0 Å². The zero-order valence-corrected chi connectivity index (χ0v) is 15.4. The molecule has 3 unspecified atom stereocenters. The van der Waals surface area contributed by atoms with Crippen LogP contribution >= 0.6 is 0 Å². The maximum Gasteiger partial charge on any atom is 0.308 e. The van der Waals surface area contributed by atoms with Gasteiger partial charge in [-0.1, -0.05) is 43.2 Å². The van der Waals surface area contributed by atoms with Crippen molar-refractivity contribution >= 4 is 17.8 Å². The van der Waals surface area contributed by atoms with Gasteiger partial charge in [-0.25, -0.2) is 0 Å². The Bertz CT molecular complexity index is 626. The van der Waals surface area contributed by atoms with Gasteiger partial charge in [0.2, 0.25) is 11.8 Å². The number of benzene rings is 1. The molecule has 3 atom stereocenters. The van der Waals surface area contributed by atoms with Gasteiger partial charge in [0.05, 0.1) is 12.0 Å². The molecular formula is C20H28N2O4. The minimum atomic E-state index is -0.971. The minimum absolute atomic E-state index is 0.0151. The molecule has 0 bridgehead atoms. The first-order chi connectivity index (χ1) is 12.4. The highest BCUT2D eigenvalue weighted by molar-refractivity contribution is 5.82. The van der Waals surface area contributed by atoms with Crippen LogP contribution in [-0.2, 0) is 14.4 Å². The maximum atomic E-state index is 12.4. The first-order valence-electron chi connectivity index (χ1n) is 9.26. The Morgan fingerprint density at radius 3 is 2.27 bits per heavy atom. The molecule has 0 radical (unpaired) electrons. The van der Waals surface area contributed by atoms with Gasteiger partial charge in [0.25, 0.3) is 0 Å². The number of carbonyl (C=O) groups excluding carboxylic acids is 2. The Hall–Kier alpha value is -2.37. The lowest BCUT2D eigenvalue weighted by molar-refractivity contribution is -0.142. The van der Waals surface area contributed by atoms with E-state index in [0.717, 1.165) is 31.2 Å². The first kappa shape index (κ1) is 19.9. The topological polar surface area (TPSA) is 95.5 Å². The largest absolute Gasteiger partial charge is 0.481 e. The monoisotopic (exact) mass is 360 g/mol. The van der Waals surface area contributed by atoms with Crippen molar-refractivity contribution in [2.24, 2.45) is 11.8 Å². The molecule has 26 heavy (non-hydrogen) atoms. The normalized spacial score (nSPS) is 17.9. The van der Waals surface area contributed by atoms with Gasteiger partial charge in [-0.2, -0.15) is 0 Å². The Labute approximate surface area is 154 Å². The number of carboxylic acid groups (broad SMARTS) is 1. The smallest absolute Gasteiger partial charge is 0.308 e. The molecule has 2 rings (SSSR count). The van der Waals surface area contributed by atoms with Crippen molar-refractivity contribution in [3.63, 3.8) is 0 Å². The van der Waals surface area contributed by atoms with Crippen molar-refractivity contribution in [2.45, 2.75) is 58.0 Å². The molecule has 0 aliphatic heterocycles. The predicted octanol–water partition coefficient (Wildman–Crippen LogP) is 2.65. The fourth-order valence-corrected chi connectivity index (χ4v) is 3.41. The van der Waals surface area contributed by atoms with Crippen molar-refractivity contribution in [2.75, 3.05) is 0 Å². The zero-order valence-electron chi connectivity index (χ0n) is 15.4. The standard InChI is InChI=1S/C20H28N2O4/c1-13(21-19(24)16-10-6-7-11-16)12-17(23)22-18(14(2)20(25)26)15-8-4-3-5-9-15/h3-5,8-9,13-14,16,18H,6-7,10-12H2,1-2H3,(H,21,24)(H,22,23)(H,25,26). The summed E-state index contributed by atoms with van der Waals surface area (Å²) in [6.07, 6.45) is 4.11. The van der Waals surface area contributed by atoms with E-state index in [2.05, 4.69) is 10.6 Å². The highest BCUT2D eigenvalue weighted by Gasteiger charge is 2.28. The van der Waals surface area contributed by atoms with Crippen molar-refractivity contribution in [3.8, 4) is 0 Å². The second kappa shape index (κ2) is 9.36. The number of amides is 2. The van der Waals surface area contributed by atoms with Crippen LogP contribution in [0, 0.1) is 11.8 Å². The van der Waals surface area contributed by atoms with Crippen molar-refractivity contribution in [1.29, 1.82) is 0 Å². The van der Waals surface area contributed by atoms with E-state index in [0.29, 0.717) is 0 Å². The van der Waals surface area contributed by atoms with Gasteiger partial charge < -0.3 is 15.7 Å². The average molecular weight is 360 g/mol. The van der Waals surface area contributed by atoms with Crippen LogP contribution in [0.1, 0.15) is 57.6 Å². The van der Waals surface area contributed by atoms with E-state index in [1.807, 2.05) is 18.2 Å². The van der Waals surface area contributed by atoms with Gasteiger partial charge >= 0.3 is 5.97 Å². The Morgan fingerprint density at radius 1 is 1.08 bits per heavy atom. The molecule has 0 aromatic heterocycles. The first-order valence-corrected chi connectivity index (χ1v) is 9.26. The maximum absolute atomic E-state index is 12.4. The van der Waals surface area contributed by atoms with Crippen LogP contribution < -0.4 is 10.6 Å². The zero-order chi connectivity index (χ0) is 19.1. The number of nitrogens with one attached hydrogen (secondary N) is 2. The van der Waals surface area contributed by atoms with Gasteiger partial charge in [0, 0.05) is 18.4 Å². The molecule has 0 spiro atoms. The molecule has 6 heteroatoms. The predicted molar refractivity (Wildman–Crippen MR) is 98.3 cm³/mol. The van der Waals surface area contributed by atoms with E-state index in [-0.39, 0.29) is 30.2 Å². The number of rotatable bonds is 8. The summed E-state index contributed by atoms with van der Waals surface area (Å²) < 4.78 is 0. The quantitative estimate of drug-likeness (QED) is 0.664.